The Morgan fingerprint density at radius 2 is 1.36 bits per heavy atom. The molecular formula is C6H10N2O3. The van der Waals surface area contributed by atoms with Crippen LogP contribution < -0.4 is 10.6 Å². The number of imide groups is 2. The first-order chi connectivity index (χ1) is 5.18. The quantitative estimate of drug-likeness (QED) is 0.478. The molecule has 1 heterocycles. The molecule has 0 bridgehead atoms. The van der Waals surface area contributed by atoms with Gasteiger partial charge in [0, 0.05) is 0 Å². The molecule has 0 atom stereocenters. The van der Waals surface area contributed by atoms with Crippen LogP contribution in [0.4, 0.5) is 4.79 Å². The Labute approximate surface area is 64.1 Å². The van der Waals surface area contributed by atoms with Crippen molar-refractivity contribution in [3.8, 4) is 0 Å². The van der Waals surface area contributed by atoms with Crippen LogP contribution in [0.1, 0.15) is 20.3 Å². The minimum absolute atomic E-state index is 0.258. The summed E-state index contributed by atoms with van der Waals surface area (Å²) < 4.78 is 0. The van der Waals surface area contributed by atoms with Crippen LogP contribution in [0.3, 0.4) is 0 Å². The van der Waals surface area contributed by atoms with Crippen LogP contribution in [-0.2, 0) is 9.59 Å². The zero-order chi connectivity index (χ0) is 8.85. The van der Waals surface area contributed by atoms with Crippen molar-refractivity contribution in [1.82, 2.24) is 10.6 Å². The van der Waals surface area contributed by atoms with Gasteiger partial charge in [-0.2, -0.15) is 0 Å². The van der Waals surface area contributed by atoms with Gasteiger partial charge in [0.2, 0.25) is 11.8 Å². The number of rotatable bonds is 0. The van der Waals surface area contributed by atoms with E-state index in [2.05, 4.69) is 0 Å². The van der Waals surface area contributed by atoms with E-state index in [-0.39, 0.29) is 6.42 Å². The number of urea groups is 1. The van der Waals surface area contributed by atoms with Crippen molar-refractivity contribution in [3.63, 3.8) is 0 Å². The summed E-state index contributed by atoms with van der Waals surface area (Å²) in [6.45, 7) is 4.00. The lowest BCUT2D eigenvalue weighted by atomic mass is 10.3. The molecule has 2 N–H and O–H groups in total. The maximum absolute atomic E-state index is 10.3. The number of barbiturate groups is 1. The van der Waals surface area contributed by atoms with Crippen molar-refractivity contribution in [2.24, 2.45) is 0 Å². The van der Waals surface area contributed by atoms with Crippen molar-refractivity contribution < 1.29 is 14.4 Å². The van der Waals surface area contributed by atoms with Gasteiger partial charge >= 0.3 is 6.03 Å². The van der Waals surface area contributed by atoms with E-state index in [1.165, 1.54) is 0 Å². The number of amides is 4. The smallest absolute Gasteiger partial charge is 0.277 e. The van der Waals surface area contributed by atoms with Crippen LogP contribution in [0.15, 0.2) is 0 Å². The van der Waals surface area contributed by atoms with Gasteiger partial charge in [-0.15, -0.1) is 0 Å². The second kappa shape index (κ2) is 4.43. The van der Waals surface area contributed by atoms with Gasteiger partial charge < -0.3 is 0 Å². The molecule has 4 amide bonds. The number of nitrogens with one attached hydrogen (secondary N) is 2. The van der Waals surface area contributed by atoms with E-state index < -0.39 is 17.8 Å². The second-order valence-corrected chi connectivity index (χ2v) is 1.60. The standard InChI is InChI=1S/C4H4N2O3.C2H6/c7-2-1-3(8)6-4(9)5-2;1-2/h1H2,(H2,5,6,7,8,9);1-2H3. The molecule has 1 aliphatic heterocycles. The minimum Gasteiger partial charge on any atom is -0.277 e. The van der Waals surface area contributed by atoms with Crippen LogP contribution in [-0.4, -0.2) is 17.8 Å². The zero-order valence-corrected chi connectivity index (χ0v) is 6.43. The molecule has 0 unspecified atom stereocenters. The molecule has 0 saturated carbocycles. The summed E-state index contributed by atoms with van der Waals surface area (Å²) in [6, 6.07) is -0.740. The molecule has 5 nitrogen and oxygen atoms in total. The van der Waals surface area contributed by atoms with Crippen molar-refractivity contribution in [2.45, 2.75) is 20.3 Å². The molecule has 0 aromatic carbocycles. The molecule has 1 fully saturated rings. The summed E-state index contributed by atoms with van der Waals surface area (Å²) in [6.07, 6.45) is -0.258. The fraction of sp³-hybridized carbons (Fsp3) is 0.500. The molecule has 11 heavy (non-hydrogen) atoms. The summed E-state index contributed by atoms with van der Waals surface area (Å²) in [5.74, 6) is -1.10. The average Bonchev–Trinajstić information content (AvgIpc) is 1.88. The molecule has 0 aromatic rings. The fourth-order valence-corrected chi connectivity index (χ4v) is 0.519. The Morgan fingerprint density at radius 3 is 1.64 bits per heavy atom. The van der Waals surface area contributed by atoms with Gasteiger partial charge in [-0.1, -0.05) is 13.8 Å². The number of carbonyl (C=O) groups is 3. The van der Waals surface area contributed by atoms with Gasteiger partial charge in [0.1, 0.15) is 6.42 Å². The van der Waals surface area contributed by atoms with Crippen molar-refractivity contribution in [2.75, 3.05) is 0 Å². The third kappa shape index (κ3) is 3.34. The van der Waals surface area contributed by atoms with Crippen LogP contribution in [0.2, 0.25) is 0 Å². The minimum atomic E-state index is -0.740. The second-order valence-electron chi connectivity index (χ2n) is 1.60. The van der Waals surface area contributed by atoms with E-state index in [4.69, 9.17) is 0 Å². The highest BCUT2D eigenvalue weighted by molar-refractivity contribution is 6.14. The van der Waals surface area contributed by atoms with Crippen LogP contribution in [0.5, 0.6) is 0 Å². The Bertz CT molecular complexity index is 143. The molecule has 0 aromatic heterocycles. The monoisotopic (exact) mass is 158 g/mol. The predicted octanol–water partition coefficient (Wildman–Crippen LogP) is -0.231. The lowest BCUT2D eigenvalue weighted by molar-refractivity contribution is -0.129. The van der Waals surface area contributed by atoms with E-state index in [1.807, 2.05) is 24.5 Å². The molecule has 0 aliphatic carbocycles. The molecule has 1 saturated heterocycles. The highest BCUT2D eigenvalue weighted by atomic mass is 16.2. The number of hydrogen-bond donors (Lipinski definition) is 2. The molecule has 0 radical (unpaired) electrons. The fourth-order valence-electron chi connectivity index (χ4n) is 0.519. The highest BCUT2D eigenvalue weighted by Crippen LogP contribution is 1.85. The van der Waals surface area contributed by atoms with E-state index in [0.717, 1.165) is 0 Å². The topological polar surface area (TPSA) is 75.3 Å². The predicted molar refractivity (Wildman–Crippen MR) is 37.6 cm³/mol. The zero-order valence-electron chi connectivity index (χ0n) is 6.43. The van der Waals surface area contributed by atoms with Crippen molar-refractivity contribution in [3.05, 3.63) is 0 Å². The maximum Gasteiger partial charge on any atom is 0.328 e. The first kappa shape index (κ1) is 9.61. The van der Waals surface area contributed by atoms with E-state index in [0.29, 0.717) is 0 Å². The maximum atomic E-state index is 10.3. The largest absolute Gasteiger partial charge is 0.328 e. The van der Waals surface area contributed by atoms with Gasteiger partial charge in [0.15, 0.2) is 0 Å². The molecule has 1 aliphatic rings. The van der Waals surface area contributed by atoms with Gasteiger partial charge in [0.25, 0.3) is 0 Å². The van der Waals surface area contributed by atoms with Crippen LogP contribution >= 0.6 is 0 Å². The average molecular weight is 158 g/mol. The normalized spacial score (nSPS) is 16.0. The van der Waals surface area contributed by atoms with Gasteiger partial charge in [-0.25, -0.2) is 4.79 Å². The summed E-state index contributed by atoms with van der Waals surface area (Å²) in [4.78, 5) is 30.8. The molecule has 62 valence electrons. The van der Waals surface area contributed by atoms with Crippen LogP contribution in [0.25, 0.3) is 0 Å². The van der Waals surface area contributed by atoms with E-state index >= 15 is 0 Å². The Kier molecular flexibility index (Phi) is 3.87. The summed E-state index contributed by atoms with van der Waals surface area (Å²) >= 11 is 0. The third-order valence-electron chi connectivity index (χ3n) is 0.827. The van der Waals surface area contributed by atoms with Crippen LogP contribution in [0, 0.1) is 0 Å². The van der Waals surface area contributed by atoms with Crippen molar-refractivity contribution >= 4 is 17.8 Å². The summed E-state index contributed by atoms with van der Waals surface area (Å²) in [5, 5.41) is 3.80. The molecule has 0 spiro atoms. The first-order valence-corrected chi connectivity index (χ1v) is 3.32. The number of hydrogen-bond acceptors (Lipinski definition) is 3. The van der Waals surface area contributed by atoms with Gasteiger partial charge in [-0.3, -0.25) is 20.2 Å². The molecular weight excluding hydrogens is 148 g/mol. The Morgan fingerprint density at radius 1 is 1.00 bits per heavy atom. The Balaban J connectivity index is 0.000000461. The van der Waals surface area contributed by atoms with Crippen molar-refractivity contribution in [1.29, 1.82) is 0 Å². The summed E-state index contributed by atoms with van der Waals surface area (Å²) in [5.41, 5.74) is 0. The van der Waals surface area contributed by atoms with Gasteiger partial charge in [-0.05, 0) is 0 Å². The lowest BCUT2D eigenvalue weighted by Gasteiger charge is -2.09. The summed E-state index contributed by atoms with van der Waals surface area (Å²) in [7, 11) is 0. The Hall–Kier alpha value is -1.39. The third-order valence-corrected chi connectivity index (χ3v) is 0.827. The number of carbonyl (C=O) groups excluding carboxylic acids is 3. The first-order valence-electron chi connectivity index (χ1n) is 3.32. The molecule has 1 rings (SSSR count). The van der Waals surface area contributed by atoms with E-state index in [9.17, 15) is 14.4 Å². The molecule has 5 heteroatoms. The van der Waals surface area contributed by atoms with E-state index in [1.54, 1.807) is 0 Å². The van der Waals surface area contributed by atoms with Gasteiger partial charge in [0.05, 0.1) is 0 Å². The SMILES string of the molecule is CC.O=C1CC(=O)NC(=O)N1. The lowest BCUT2D eigenvalue weighted by Crippen LogP contribution is -2.49. The highest BCUT2D eigenvalue weighted by Gasteiger charge is 2.20.